The molecule has 0 aliphatic heterocycles. The lowest BCUT2D eigenvalue weighted by Gasteiger charge is -2.31. The van der Waals surface area contributed by atoms with Crippen LogP contribution in [0, 0.1) is 0 Å². The second-order valence-corrected chi connectivity index (χ2v) is 19.3. The zero-order valence-electron chi connectivity index (χ0n) is 19.3. The van der Waals surface area contributed by atoms with E-state index in [-0.39, 0.29) is 0 Å². The number of nitrogens with zero attached hydrogens (tertiary/aromatic N) is 3. The summed E-state index contributed by atoms with van der Waals surface area (Å²) in [7, 11) is 0. The summed E-state index contributed by atoms with van der Waals surface area (Å²) in [6.45, 7) is 6.26. The van der Waals surface area contributed by atoms with Crippen molar-refractivity contribution in [2.75, 3.05) is 0 Å². The molecule has 0 aliphatic rings. The second kappa shape index (κ2) is 14.3. The molecule has 192 valence electrons. The maximum atomic E-state index is 13.7. The molecule has 0 fully saturated rings. The molecule has 0 saturated heterocycles. The lowest BCUT2D eigenvalue weighted by Crippen LogP contribution is -2.62. The minimum Gasteiger partial charge on any atom is -0.247 e. The number of unbranched alkanes of at least 4 members (excludes halogenated alkanes) is 6. The highest BCUT2D eigenvalue weighted by Gasteiger charge is 2.40. The predicted octanol–water partition coefficient (Wildman–Crippen LogP) is 8.11. The molecule has 1 heterocycles. The van der Waals surface area contributed by atoms with Crippen LogP contribution in [0.3, 0.4) is 0 Å². The third kappa shape index (κ3) is 8.68. The van der Waals surface area contributed by atoms with Gasteiger partial charge in [-0.1, -0.05) is 59.3 Å². The van der Waals surface area contributed by atoms with E-state index in [0.29, 0.717) is 19.3 Å². The maximum Gasteiger partial charge on any atom is 0.340 e. The van der Waals surface area contributed by atoms with Crippen LogP contribution in [0.2, 0.25) is 0 Å². The molecule has 1 aromatic heterocycles. The molecule has 12 heteroatoms. The van der Waals surface area contributed by atoms with E-state index in [0.717, 1.165) is 71.5 Å². The van der Waals surface area contributed by atoms with Gasteiger partial charge in [-0.3, -0.25) is 0 Å². The van der Waals surface area contributed by atoms with Crippen LogP contribution in [-0.4, -0.2) is 13.7 Å². The SMILES string of the molecule is CCCCCC(Br)(Br)n1c(=O)n(C(Br)(Br)CCCCC)c(=O)n(C(Br)(Br)CCCCC)c1=O. The number of aromatic nitrogens is 3. The van der Waals surface area contributed by atoms with Crippen LogP contribution >= 0.6 is 95.6 Å². The minimum atomic E-state index is -1.13. The normalized spacial score (nSPS) is 13.0. The van der Waals surface area contributed by atoms with Gasteiger partial charge in [-0.25, -0.2) is 28.1 Å². The summed E-state index contributed by atoms with van der Waals surface area (Å²) in [5.74, 6) is 0. The summed E-state index contributed by atoms with van der Waals surface area (Å²) >= 11 is 21.4. The molecule has 0 spiro atoms. The summed E-state index contributed by atoms with van der Waals surface area (Å²) in [4.78, 5) is 41.0. The molecule has 0 aliphatic carbocycles. The van der Waals surface area contributed by atoms with Gasteiger partial charge in [0, 0.05) is 0 Å². The van der Waals surface area contributed by atoms with Crippen LogP contribution in [0.1, 0.15) is 97.8 Å². The van der Waals surface area contributed by atoms with Crippen molar-refractivity contribution in [1.82, 2.24) is 13.7 Å². The lowest BCUT2D eigenvalue weighted by atomic mass is 10.2. The van der Waals surface area contributed by atoms with Crippen LogP contribution in [0.25, 0.3) is 0 Å². The molecule has 1 rings (SSSR count). The topological polar surface area (TPSA) is 66.0 Å². The summed E-state index contributed by atoms with van der Waals surface area (Å²) in [6.07, 6.45) is 9.75. The Balaban J connectivity index is 3.84. The average molecular weight is 855 g/mol. The molecule has 0 atom stereocenters. The number of rotatable bonds is 15. The van der Waals surface area contributed by atoms with Crippen molar-refractivity contribution < 1.29 is 0 Å². The summed E-state index contributed by atoms with van der Waals surface area (Å²) < 4.78 is -0.0900. The summed E-state index contributed by atoms with van der Waals surface area (Å²) in [5.41, 5.74) is -2.08. The van der Waals surface area contributed by atoms with Crippen LogP contribution in [0.15, 0.2) is 14.4 Å². The van der Waals surface area contributed by atoms with Gasteiger partial charge in [0.15, 0.2) is 10.1 Å². The first kappa shape index (κ1) is 32.3. The van der Waals surface area contributed by atoms with Gasteiger partial charge in [0.1, 0.15) is 0 Å². The highest BCUT2D eigenvalue weighted by molar-refractivity contribution is 9.25. The quantitative estimate of drug-likeness (QED) is 0.132. The van der Waals surface area contributed by atoms with Crippen LogP contribution in [0.4, 0.5) is 0 Å². The third-order valence-corrected chi connectivity index (χ3v) is 9.88. The first-order valence-electron chi connectivity index (χ1n) is 11.4. The standard InChI is InChI=1S/C21H33Br6N3O3/c1-4-7-10-13-19(22,23)28-16(31)29(20(24,25)14-11-8-5-2)18(33)30(17(28)32)21(26,27)15-12-9-6-3/h4-15H2,1-3H3. The van der Waals surface area contributed by atoms with E-state index in [9.17, 15) is 14.4 Å². The van der Waals surface area contributed by atoms with E-state index in [1.165, 1.54) is 0 Å². The number of hydrogen-bond donors (Lipinski definition) is 0. The number of hydrogen-bond acceptors (Lipinski definition) is 3. The largest absolute Gasteiger partial charge is 0.340 e. The first-order chi connectivity index (χ1) is 15.3. The molecule has 0 amide bonds. The average Bonchev–Trinajstić information content (AvgIpc) is 2.67. The summed E-state index contributed by atoms with van der Waals surface area (Å²) in [5, 5.41) is 0. The first-order valence-corrected chi connectivity index (χ1v) is 16.2. The number of halogens is 6. The van der Waals surface area contributed by atoms with E-state index in [1.54, 1.807) is 0 Å². The molecule has 0 unspecified atom stereocenters. The monoisotopic (exact) mass is 849 g/mol. The Morgan fingerprint density at radius 3 is 0.879 bits per heavy atom. The lowest BCUT2D eigenvalue weighted by molar-refractivity contribution is 0.380. The van der Waals surface area contributed by atoms with Gasteiger partial charge in [-0.15, -0.1) is 0 Å². The molecule has 33 heavy (non-hydrogen) atoms. The van der Waals surface area contributed by atoms with Crippen molar-refractivity contribution in [3.05, 3.63) is 31.5 Å². The Hall–Kier alpha value is 1.29. The van der Waals surface area contributed by atoms with Crippen molar-refractivity contribution in [2.45, 2.75) is 108 Å². The molecule has 0 radical (unpaired) electrons. The van der Waals surface area contributed by atoms with Gasteiger partial charge in [0.05, 0.1) is 0 Å². The highest BCUT2D eigenvalue weighted by Crippen LogP contribution is 2.40. The van der Waals surface area contributed by atoms with Gasteiger partial charge >= 0.3 is 17.1 Å². The predicted molar refractivity (Wildman–Crippen MR) is 159 cm³/mol. The van der Waals surface area contributed by atoms with Crippen LogP contribution in [-0.2, 0) is 10.1 Å². The van der Waals surface area contributed by atoms with Crippen molar-refractivity contribution in [1.29, 1.82) is 0 Å². The van der Waals surface area contributed by atoms with Crippen LogP contribution < -0.4 is 17.1 Å². The molecule has 1 aromatic rings. The molecule has 0 bridgehead atoms. The summed E-state index contributed by atoms with van der Waals surface area (Å²) in [6, 6.07) is 0. The molecule has 6 nitrogen and oxygen atoms in total. The van der Waals surface area contributed by atoms with Crippen LogP contribution in [0.5, 0.6) is 0 Å². The van der Waals surface area contributed by atoms with E-state index < -0.39 is 27.1 Å². The fraction of sp³-hybridized carbons (Fsp3) is 0.857. The van der Waals surface area contributed by atoms with Gasteiger partial charge in [0.2, 0.25) is 0 Å². The Bertz CT molecular complexity index is 787. The Morgan fingerprint density at radius 1 is 0.485 bits per heavy atom. The molecular formula is C21H33Br6N3O3. The fourth-order valence-corrected chi connectivity index (χ4v) is 6.99. The Labute approximate surface area is 246 Å². The fourth-order valence-electron chi connectivity index (χ4n) is 3.48. The van der Waals surface area contributed by atoms with Gasteiger partial charge < -0.3 is 0 Å². The minimum absolute atomic E-state index is 0.495. The second-order valence-electron chi connectivity index (χ2n) is 8.22. The third-order valence-electron chi connectivity index (χ3n) is 5.37. The van der Waals surface area contributed by atoms with E-state index in [1.807, 2.05) is 0 Å². The van der Waals surface area contributed by atoms with Gasteiger partial charge in [-0.2, -0.15) is 0 Å². The highest BCUT2D eigenvalue weighted by atomic mass is 79.9. The van der Waals surface area contributed by atoms with Gasteiger partial charge in [0.25, 0.3) is 0 Å². The Kier molecular flexibility index (Phi) is 14.0. The molecule has 0 aromatic carbocycles. The van der Waals surface area contributed by atoms with Crippen molar-refractivity contribution >= 4 is 95.6 Å². The van der Waals surface area contributed by atoms with E-state index >= 15 is 0 Å². The smallest absolute Gasteiger partial charge is 0.247 e. The van der Waals surface area contributed by atoms with E-state index in [2.05, 4.69) is 116 Å². The zero-order valence-corrected chi connectivity index (χ0v) is 28.8. The Morgan fingerprint density at radius 2 is 0.697 bits per heavy atom. The van der Waals surface area contributed by atoms with E-state index in [4.69, 9.17) is 0 Å². The van der Waals surface area contributed by atoms with Gasteiger partial charge in [-0.05, 0) is 134 Å². The maximum absolute atomic E-state index is 13.7. The molecule has 0 N–H and O–H groups in total. The number of alkyl halides is 6. The van der Waals surface area contributed by atoms with Crippen molar-refractivity contribution in [2.24, 2.45) is 0 Å². The van der Waals surface area contributed by atoms with Crippen molar-refractivity contribution in [3.63, 3.8) is 0 Å². The molecular weight excluding hydrogens is 822 g/mol. The molecule has 0 saturated carbocycles. The van der Waals surface area contributed by atoms with Crippen molar-refractivity contribution in [3.8, 4) is 0 Å². The zero-order chi connectivity index (χ0) is 25.4.